The Labute approximate surface area is 200 Å². The molecule has 0 radical (unpaired) electrons. The number of benzene rings is 2. The van der Waals surface area contributed by atoms with Gasteiger partial charge in [-0.1, -0.05) is 24.6 Å². The van der Waals surface area contributed by atoms with Crippen LogP contribution < -0.4 is 20.9 Å². The summed E-state index contributed by atoms with van der Waals surface area (Å²) >= 11 is 0. The summed E-state index contributed by atoms with van der Waals surface area (Å²) in [4.78, 5) is 40.9. The monoisotopic (exact) mass is 467 g/mol. The molecule has 1 saturated heterocycles. The van der Waals surface area contributed by atoms with Gasteiger partial charge in [0.2, 0.25) is 11.8 Å². The molecule has 34 heavy (non-hydrogen) atoms. The summed E-state index contributed by atoms with van der Waals surface area (Å²) in [6.45, 7) is 9.29. The van der Waals surface area contributed by atoms with Crippen LogP contribution in [0.5, 0.6) is 0 Å². The number of ether oxygens (including phenoxy) is 1. The minimum absolute atomic E-state index is 0.0355. The molecule has 1 fully saturated rings. The maximum Gasteiger partial charge on any atom is 0.325 e. The second kappa shape index (κ2) is 12.2. The zero-order chi connectivity index (χ0) is 24.5. The molecule has 9 heteroatoms. The van der Waals surface area contributed by atoms with Crippen molar-refractivity contribution in [2.24, 2.45) is 0 Å². The molecule has 1 heterocycles. The molecule has 0 unspecified atom stereocenters. The number of hydrogen-bond donors (Lipinski definition) is 3. The molecular weight excluding hydrogens is 434 g/mol. The smallest absolute Gasteiger partial charge is 0.325 e. The zero-order valence-electron chi connectivity index (χ0n) is 20.0. The van der Waals surface area contributed by atoms with Crippen LogP contribution in [0, 0.1) is 13.8 Å². The van der Waals surface area contributed by atoms with Gasteiger partial charge in [0.15, 0.2) is 0 Å². The molecule has 0 bridgehead atoms. The van der Waals surface area contributed by atoms with E-state index in [0.29, 0.717) is 31.1 Å². The number of urea groups is 1. The van der Waals surface area contributed by atoms with E-state index >= 15 is 0 Å². The van der Waals surface area contributed by atoms with E-state index in [9.17, 15) is 14.4 Å². The predicted octanol–water partition coefficient (Wildman–Crippen LogP) is 2.75. The van der Waals surface area contributed by atoms with Crippen LogP contribution in [0.1, 0.15) is 18.1 Å². The number of rotatable bonds is 8. The van der Waals surface area contributed by atoms with Crippen molar-refractivity contribution in [3.8, 4) is 0 Å². The quantitative estimate of drug-likeness (QED) is 0.552. The third-order valence-electron chi connectivity index (χ3n) is 5.59. The summed E-state index contributed by atoms with van der Waals surface area (Å²) in [5.74, 6) is -0.708. The largest absolute Gasteiger partial charge is 0.378 e. The van der Waals surface area contributed by atoms with Crippen LogP contribution in [0.25, 0.3) is 0 Å². The van der Waals surface area contributed by atoms with Crippen molar-refractivity contribution in [3.05, 3.63) is 53.6 Å². The third-order valence-corrected chi connectivity index (χ3v) is 5.59. The van der Waals surface area contributed by atoms with Crippen molar-refractivity contribution in [2.45, 2.75) is 20.8 Å². The van der Waals surface area contributed by atoms with E-state index in [1.54, 1.807) is 11.0 Å². The normalized spacial score (nSPS) is 13.5. The Morgan fingerprint density at radius 3 is 2.26 bits per heavy atom. The van der Waals surface area contributed by atoms with E-state index in [4.69, 9.17) is 4.74 Å². The van der Waals surface area contributed by atoms with Gasteiger partial charge in [-0.15, -0.1) is 0 Å². The van der Waals surface area contributed by atoms with Gasteiger partial charge in [0.05, 0.1) is 26.3 Å². The Kier molecular flexibility index (Phi) is 9.00. The lowest BCUT2D eigenvalue weighted by atomic mass is 10.1. The highest BCUT2D eigenvalue weighted by Crippen LogP contribution is 2.19. The summed E-state index contributed by atoms with van der Waals surface area (Å²) in [5, 5.41) is 7.86. The summed E-state index contributed by atoms with van der Waals surface area (Å²) in [6.07, 6.45) is 0. The second-order valence-electron chi connectivity index (χ2n) is 8.32. The van der Waals surface area contributed by atoms with Crippen molar-refractivity contribution in [1.29, 1.82) is 0 Å². The highest BCUT2D eigenvalue weighted by atomic mass is 16.5. The second-order valence-corrected chi connectivity index (χ2v) is 8.32. The highest BCUT2D eigenvalue weighted by Gasteiger charge is 2.16. The third kappa shape index (κ3) is 7.57. The van der Waals surface area contributed by atoms with Gasteiger partial charge in [0, 0.05) is 30.2 Å². The van der Waals surface area contributed by atoms with Gasteiger partial charge >= 0.3 is 6.03 Å². The Bertz CT molecular complexity index is 1000. The molecule has 9 nitrogen and oxygen atoms in total. The fourth-order valence-electron chi connectivity index (χ4n) is 3.74. The molecule has 0 aliphatic carbocycles. The lowest BCUT2D eigenvalue weighted by molar-refractivity contribution is -0.122. The van der Waals surface area contributed by atoms with Crippen LogP contribution in [-0.2, 0) is 14.3 Å². The minimum Gasteiger partial charge on any atom is -0.378 e. The summed E-state index contributed by atoms with van der Waals surface area (Å²) in [5.41, 5.74) is 4.42. The molecular formula is C25H33N5O4. The molecule has 0 aromatic heterocycles. The van der Waals surface area contributed by atoms with E-state index in [1.165, 1.54) is 0 Å². The van der Waals surface area contributed by atoms with Gasteiger partial charge in [-0.3, -0.25) is 19.8 Å². The van der Waals surface area contributed by atoms with Crippen molar-refractivity contribution < 1.29 is 19.1 Å². The number of morpholine rings is 1. The average Bonchev–Trinajstić information content (AvgIpc) is 2.81. The first-order valence-corrected chi connectivity index (χ1v) is 11.5. The van der Waals surface area contributed by atoms with Crippen LogP contribution in [0.15, 0.2) is 42.5 Å². The fraction of sp³-hybridized carbons (Fsp3) is 0.400. The van der Waals surface area contributed by atoms with Crippen molar-refractivity contribution >= 4 is 34.9 Å². The Balaban J connectivity index is 1.45. The van der Waals surface area contributed by atoms with Gasteiger partial charge < -0.3 is 20.3 Å². The maximum absolute atomic E-state index is 12.5. The van der Waals surface area contributed by atoms with E-state index in [2.05, 4.69) is 20.9 Å². The number of imide groups is 1. The molecule has 1 aliphatic heterocycles. The maximum atomic E-state index is 12.5. The molecule has 0 atom stereocenters. The molecule has 1 aliphatic rings. The number of nitrogens with zero attached hydrogens (tertiary/aromatic N) is 2. The van der Waals surface area contributed by atoms with Crippen molar-refractivity contribution in [2.75, 3.05) is 61.5 Å². The van der Waals surface area contributed by atoms with Crippen LogP contribution in [0.3, 0.4) is 0 Å². The molecule has 3 rings (SSSR count). The van der Waals surface area contributed by atoms with Crippen molar-refractivity contribution in [1.82, 2.24) is 10.2 Å². The molecule has 182 valence electrons. The molecule has 2 aromatic carbocycles. The highest BCUT2D eigenvalue weighted by molar-refractivity contribution is 6.02. The first-order valence-electron chi connectivity index (χ1n) is 11.5. The van der Waals surface area contributed by atoms with Gasteiger partial charge in [0.1, 0.15) is 0 Å². The molecule has 2 aromatic rings. The van der Waals surface area contributed by atoms with Crippen LogP contribution in [0.2, 0.25) is 0 Å². The topological polar surface area (TPSA) is 103 Å². The number of aryl methyl sites for hydroxylation is 2. The lowest BCUT2D eigenvalue weighted by Crippen LogP contribution is -2.44. The zero-order valence-corrected chi connectivity index (χ0v) is 20.0. The Hall–Kier alpha value is -3.43. The van der Waals surface area contributed by atoms with E-state index in [0.717, 1.165) is 29.9 Å². The van der Waals surface area contributed by atoms with Gasteiger partial charge in [0.25, 0.3) is 0 Å². The Morgan fingerprint density at radius 2 is 1.62 bits per heavy atom. The first-order chi connectivity index (χ1) is 16.3. The average molecular weight is 468 g/mol. The van der Waals surface area contributed by atoms with Crippen LogP contribution >= 0.6 is 0 Å². The van der Waals surface area contributed by atoms with Crippen LogP contribution in [-0.4, -0.2) is 68.7 Å². The number of anilines is 3. The summed E-state index contributed by atoms with van der Waals surface area (Å²) < 4.78 is 5.37. The lowest BCUT2D eigenvalue weighted by Gasteiger charge is -2.29. The number of hydrogen-bond acceptors (Lipinski definition) is 6. The molecule has 0 saturated carbocycles. The molecule has 4 amide bonds. The predicted molar refractivity (Wildman–Crippen MR) is 133 cm³/mol. The minimum atomic E-state index is -0.599. The number of carbonyl (C=O) groups excluding carboxylic acids is 3. The molecule has 3 N–H and O–H groups in total. The Morgan fingerprint density at radius 1 is 0.941 bits per heavy atom. The first kappa shape index (κ1) is 25.2. The summed E-state index contributed by atoms with van der Waals surface area (Å²) in [6, 6.07) is 12.7. The van der Waals surface area contributed by atoms with Crippen LogP contribution in [0.4, 0.5) is 21.9 Å². The number of carbonyl (C=O) groups is 3. The van der Waals surface area contributed by atoms with Crippen molar-refractivity contribution in [3.63, 3.8) is 0 Å². The number of nitrogens with one attached hydrogen (secondary N) is 3. The number of amides is 4. The van der Waals surface area contributed by atoms with E-state index in [-0.39, 0.29) is 19.0 Å². The SMILES string of the molecule is CCN(CC(=O)NC(=O)Nc1ccc(C)cc1C)CC(=O)Nc1ccc(N2CCOCC2)cc1. The van der Waals surface area contributed by atoms with Gasteiger partial charge in [-0.2, -0.15) is 0 Å². The molecule has 0 spiro atoms. The van der Waals surface area contributed by atoms with E-state index < -0.39 is 11.9 Å². The number of likely N-dealkylation sites (N-methyl/N-ethyl adjacent to an activating group) is 1. The standard InChI is InChI=1S/C25H33N5O4/c1-4-29(17-24(32)28-25(33)27-22-10-5-18(2)15-19(22)3)16-23(31)26-20-6-8-21(9-7-20)30-11-13-34-14-12-30/h5-10,15H,4,11-14,16-17H2,1-3H3,(H,26,31)(H2,27,28,32,33). The van der Waals surface area contributed by atoms with Gasteiger partial charge in [-0.05, 0) is 56.3 Å². The van der Waals surface area contributed by atoms with Gasteiger partial charge in [-0.25, -0.2) is 4.79 Å². The van der Waals surface area contributed by atoms with E-state index in [1.807, 2.05) is 57.2 Å². The summed E-state index contributed by atoms with van der Waals surface area (Å²) in [7, 11) is 0. The fourth-order valence-corrected chi connectivity index (χ4v) is 3.74.